The predicted molar refractivity (Wildman–Crippen MR) is 68.2 cm³/mol. The van der Waals surface area contributed by atoms with Crippen LogP contribution in [0.15, 0.2) is 4.52 Å². The molecule has 5 heteroatoms. The summed E-state index contributed by atoms with van der Waals surface area (Å²) in [6, 6.07) is 0. The van der Waals surface area contributed by atoms with Crippen LogP contribution in [0, 0.1) is 0 Å². The Bertz CT molecular complexity index is 357. The van der Waals surface area contributed by atoms with Gasteiger partial charge in [-0.25, -0.2) is 0 Å². The molecule has 102 valence electrons. The van der Waals surface area contributed by atoms with E-state index in [0.717, 1.165) is 50.6 Å². The zero-order chi connectivity index (χ0) is 13.0. The molecule has 0 bridgehead atoms. The van der Waals surface area contributed by atoms with Crippen molar-refractivity contribution in [2.45, 2.75) is 58.8 Å². The van der Waals surface area contributed by atoms with Crippen molar-refractivity contribution in [3.05, 3.63) is 11.7 Å². The van der Waals surface area contributed by atoms with Crippen LogP contribution in [0.3, 0.4) is 0 Å². The first kappa shape index (κ1) is 13.5. The lowest BCUT2D eigenvalue weighted by molar-refractivity contribution is -0.0725. The third-order valence-corrected chi connectivity index (χ3v) is 3.12. The van der Waals surface area contributed by atoms with Crippen molar-refractivity contribution in [2.75, 3.05) is 13.1 Å². The highest BCUT2D eigenvalue weighted by Crippen LogP contribution is 2.13. The van der Waals surface area contributed by atoms with Crippen LogP contribution in [0.5, 0.6) is 0 Å². The van der Waals surface area contributed by atoms with Crippen LogP contribution in [0.25, 0.3) is 0 Å². The summed E-state index contributed by atoms with van der Waals surface area (Å²) in [5.74, 6) is 1.56. The smallest absolute Gasteiger partial charge is 0.240 e. The lowest BCUT2D eigenvalue weighted by Gasteiger charge is -2.34. The maximum Gasteiger partial charge on any atom is 0.240 e. The molecule has 1 aliphatic rings. The summed E-state index contributed by atoms with van der Waals surface area (Å²) >= 11 is 0. The molecular formula is C13H23N3O2. The molecule has 0 radical (unpaired) electrons. The Labute approximate surface area is 108 Å². The molecule has 1 saturated heterocycles. The van der Waals surface area contributed by atoms with Gasteiger partial charge in [0, 0.05) is 19.5 Å². The zero-order valence-corrected chi connectivity index (χ0v) is 11.6. The predicted octanol–water partition coefficient (Wildman–Crippen LogP) is 2.02. The summed E-state index contributed by atoms with van der Waals surface area (Å²) in [5.41, 5.74) is 0. The second-order valence-electron chi connectivity index (χ2n) is 5.16. The molecule has 1 fully saturated rings. The van der Waals surface area contributed by atoms with Crippen LogP contribution in [-0.4, -0.2) is 40.3 Å². The summed E-state index contributed by atoms with van der Waals surface area (Å²) in [4.78, 5) is 6.75. The standard InChI is InChI=1S/C13H23N3O2/c1-4-5-6-12-14-13(18-15-12)9-16-7-10(2)17-11(3)8-16/h10-11H,4-9H2,1-3H3. The van der Waals surface area contributed by atoms with E-state index in [1.807, 2.05) is 0 Å². The van der Waals surface area contributed by atoms with E-state index < -0.39 is 0 Å². The Balaban J connectivity index is 1.86. The number of unbranched alkanes of at least 4 members (excludes halogenated alkanes) is 1. The van der Waals surface area contributed by atoms with Crippen molar-refractivity contribution in [2.24, 2.45) is 0 Å². The van der Waals surface area contributed by atoms with Gasteiger partial charge >= 0.3 is 0 Å². The van der Waals surface area contributed by atoms with Gasteiger partial charge in [0.25, 0.3) is 0 Å². The molecule has 2 unspecified atom stereocenters. The number of rotatable bonds is 5. The molecule has 0 amide bonds. The van der Waals surface area contributed by atoms with E-state index in [2.05, 4.69) is 35.8 Å². The average molecular weight is 253 g/mol. The monoisotopic (exact) mass is 253 g/mol. The van der Waals surface area contributed by atoms with E-state index in [1.165, 1.54) is 0 Å². The van der Waals surface area contributed by atoms with Gasteiger partial charge < -0.3 is 9.26 Å². The molecule has 5 nitrogen and oxygen atoms in total. The first-order valence-corrected chi connectivity index (χ1v) is 6.86. The van der Waals surface area contributed by atoms with Crippen LogP contribution >= 0.6 is 0 Å². The van der Waals surface area contributed by atoms with Crippen molar-refractivity contribution in [3.8, 4) is 0 Å². The van der Waals surface area contributed by atoms with Crippen molar-refractivity contribution in [1.29, 1.82) is 0 Å². The summed E-state index contributed by atoms with van der Waals surface area (Å²) < 4.78 is 11.0. The zero-order valence-electron chi connectivity index (χ0n) is 11.6. The normalized spacial score (nSPS) is 25.5. The summed E-state index contributed by atoms with van der Waals surface area (Å²) in [5, 5.41) is 4.01. The van der Waals surface area contributed by atoms with Gasteiger partial charge in [-0.3, -0.25) is 4.90 Å². The van der Waals surface area contributed by atoms with Gasteiger partial charge in [0.05, 0.1) is 18.8 Å². The maximum atomic E-state index is 5.70. The van der Waals surface area contributed by atoms with Crippen molar-refractivity contribution < 1.29 is 9.26 Å². The quantitative estimate of drug-likeness (QED) is 0.803. The lowest BCUT2D eigenvalue weighted by Crippen LogP contribution is -2.44. The Morgan fingerprint density at radius 3 is 2.67 bits per heavy atom. The fourth-order valence-corrected chi connectivity index (χ4v) is 2.40. The van der Waals surface area contributed by atoms with Crippen molar-refractivity contribution in [3.63, 3.8) is 0 Å². The molecule has 0 spiro atoms. The van der Waals surface area contributed by atoms with Gasteiger partial charge in [0.15, 0.2) is 5.82 Å². The topological polar surface area (TPSA) is 51.4 Å². The van der Waals surface area contributed by atoms with Gasteiger partial charge in [-0.05, 0) is 20.3 Å². The SMILES string of the molecule is CCCCc1noc(CN2CC(C)OC(C)C2)n1. The summed E-state index contributed by atoms with van der Waals surface area (Å²) in [6.07, 6.45) is 3.73. The average Bonchev–Trinajstić information content (AvgIpc) is 2.72. The van der Waals surface area contributed by atoms with E-state index in [0.29, 0.717) is 0 Å². The van der Waals surface area contributed by atoms with Gasteiger partial charge in [-0.15, -0.1) is 0 Å². The highest BCUT2D eigenvalue weighted by Gasteiger charge is 2.23. The summed E-state index contributed by atoms with van der Waals surface area (Å²) in [6.45, 7) is 8.95. The van der Waals surface area contributed by atoms with Crippen molar-refractivity contribution >= 4 is 0 Å². The van der Waals surface area contributed by atoms with E-state index in [9.17, 15) is 0 Å². The van der Waals surface area contributed by atoms with Crippen LogP contribution in [0.2, 0.25) is 0 Å². The molecule has 0 aromatic carbocycles. The number of ether oxygens (including phenoxy) is 1. The Hall–Kier alpha value is -0.940. The van der Waals surface area contributed by atoms with Gasteiger partial charge in [-0.2, -0.15) is 4.98 Å². The fraction of sp³-hybridized carbons (Fsp3) is 0.846. The molecule has 2 atom stereocenters. The first-order chi connectivity index (χ1) is 8.67. The molecule has 1 aromatic rings. The number of hydrogen-bond acceptors (Lipinski definition) is 5. The Morgan fingerprint density at radius 2 is 2.00 bits per heavy atom. The third kappa shape index (κ3) is 3.78. The highest BCUT2D eigenvalue weighted by atomic mass is 16.5. The second-order valence-corrected chi connectivity index (χ2v) is 5.16. The van der Waals surface area contributed by atoms with E-state index in [-0.39, 0.29) is 12.2 Å². The van der Waals surface area contributed by atoms with Gasteiger partial charge in [0.2, 0.25) is 5.89 Å². The Morgan fingerprint density at radius 1 is 1.28 bits per heavy atom. The number of aromatic nitrogens is 2. The van der Waals surface area contributed by atoms with E-state index in [4.69, 9.17) is 9.26 Å². The molecule has 1 aromatic heterocycles. The van der Waals surface area contributed by atoms with Gasteiger partial charge in [-0.1, -0.05) is 18.5 Å². The molecule has 2 heterocycles. The molecule has 1 aliphatic heterocycles. The first-order valence-electron chi connectivity index (χ1n) is 6.86. The number of hydrogen-bond donors (Lipinski definition) is 0. The molecule has 0 saturated carbocycles. The minimum Gasteiger partial charge on any atom is -0.373 e. The lowest BCUT2D eigenvalue weighted by atomic mass is 10.2. The van der Waals surface area contributed by atoms with E-state index in [1.54, 1.807) is 0 Å². The van der Waals surface area contributed by atoms with Crippen LogP contribution in [0.4, 0.5) is 0 Å². The minimum absolute atomic E-state index is 0.274. The molecule has 2 rings (SSSR count). The number of aryl methyl sites for hydroxylation is 1. The maximum absolute atomic E-state index is 5.70. The molecule has 0 aliphatic carbocycles. The van der Waals surface area contributed by atoms with Gasteiger partial charge in [0.1, 0.15) is 0 Å². The molecular weight excluding hydrogens is 230 g/mol. The Kier molecular flexibility index (Phi) is 4.72. The van der Waals surface area contributed by atoms with E-state index >= 15 is 0 Å². The van der Waals surface area contributed by atoms with Crippen LogP contribution < -0.4 is 0 Å². The van der Waals surface area contributed by atoms with Crippen LogP contribution in [-0.2, 0) is 17.7 Å². The fourth-order valence-electron chi connectivity index (χ4n) is 2.40. The van der Waals surface area contributed by atoms with Crippen molar-refractivity contribution in [1.82, 2.24) is 15.0 Å². The number of morpholine rings is 1. The highest BCUT2D eigenvalue weighted by molar-refractivity contribution is 4.87. The molecule has 0 N–H and O–H groups in total. The largest absolute Gasteiger partial charge is 0.373 e. The molecule has 18 heavy (non-hydrogen) atoms. The number of nitrogens with zero attached hydrogens (tertiary/aromatic N) is 3. The second kappa shape index (κ2) is 6.29. The minimum atomic E-state index is 0.274. The summed E-state index contributed by atoms with van der Waals surface area (Å²) in [7, 11) is 0. The van der Waals surface area contributed by atoms with Crippen LogP contribution in [0.1, 0.15) is 45.3 Å². The third-order valence-electron chi connectivity index (χ3n) is 3.12.